The predicted molar refractivity (Wildman–Crippen MR) is 70.0 cm³/mol. The maximum absolute atomic E-state index is 11.6. The molecule has 5 heteroatoms. The zero-order valence-corrected chi connectivity index (χ0v) is 13.3. The fraction of sp³-hybridized carbons (Fsp3) is 0.917. The number of rotatable bonds is 5. The van der Waals surface area contributed by atoms with Crippen molar-refractivity contribution < 1.29 is 18.4 Å². The Balaban J connectivity index is 4.69. The van der Waals surface area contributed by atoms with Gasteiger partial charge in [0.25, 0.3) is 0 Å². The van der Waals surface area contributed by atoms with Gasteiger partial charge in [0.05, 0.1) is 12.7 Å². The number of methoxy groups -OCH3 is 1. The third-order valence-electron chi connectivity index (χ3n) is 2.00. The third kappa shape index (κ3) is 6.80. The Bertz CT molecular complexity index is 256. The Morgan fingerprint density at radius 3 is 1.94 bits per heavy atom. The minimum absolute atomic E-state index is 0.0674. The maximum Gasteiger partial charge on any atom is 0.334 e. The van der Waals surface area contributed by atoms with Crippen molar-refractivity contribution >= 4 is 14.5 Å². The Labute approximate surface area is 106 Å². The second-order valence-corrected chi connectivity index (χ2v) is 9.16. The van der Waals surface area contributed by atoms with Crippen LogP contribution in [0.2, 0.25) is 13.1 Å². The molecule has 0 aromatic heterocycles. The van der Waals surface area contributed by atoms with Gasteiger partial charge in [-0.05, 0) is 39.8 Å². The molecule has 0 aliphatic rings. The first-order chi connectivity index (χ1) is 7.48. The van der Waals surface area contributed by atoms with Gasteiger partial charge in [0.2, 0.25) is 0 Å². The van der Waals surface area contributed by atoms with Gasteiger partial charge in [0.15, 0.2) is 0 Å². The molecule has 0 aliphatic carbocycles. The molecule has 0 bridgehead atoms. The Morgan fingerprint density at radius 1 is 1.18 bits per heavy atom. The smallest absolute Gasteiger partial charge is 0.334 e. The van der Waals surface area contributed by atoms with Crippen LogP contribution in [-0.2, 0) is 18.4 Å². The van der Waals surface area contributed by atoms with Gasteiger partial charge in [-0.3, -0.25) is 0 Å². The van der Waals surface area contributed by atoms with Crippen molar-refractivity contribution in [2.24, 2.45) is 5.92 Å². The van der Waals surface area contributed by atoms with E-state index < -0.39 is 14.7 Å². The molecule has 102 valence electrons. The summed E-state index contributed by atoms with van der Waals surface area (Å²) in [5.41, 5.74) is -0.270. The summed E-state index contributed by atoms with van der Waals surface area (Å²) in [6.45, 7) is 13.7. The van der Waals surface area contributed by atoms with Gasteiger partial charge in [-0.2, -0.15) is 0 Å². The first-order valence-electron chi connectivity index (χ1n) is 5.94. The summed E-state index contributed by atoms with van der Waals surface area (Å²) < 4.78 is 16.5. The van der Waals surface area contributed by atoms with Crippen LogP contribution in [0.3, 0.4) is 0 Å². The van der Waals surface area contributed by atoms with Crippen molar-refractivity contribution in [3.8, 4) is 0 Å². The second-order valence-electron chi connectivity index (χ2n) is 5.92. The van der Waals surface area contributed by atoms with Crippen molar-refractivity contribution in [1.82, 2.24) is 0 Å². The van der Waals surface area contributed by atoms with Crippen molar-refractivity contribution in [2.75, 3.05) is 7.11 Å². The number of hydrogen-bond acceptors (Lipinski definition) is 4. The Morgan fingerprint density at radius 2 is 1.65 bits per heavy atom. The first kappa shape index (κ1) is 16.6. The van der Waals surface area contributed by atoms with Gasteiger partial charge < -0.3 is 13.6 Å². The topological polar surface area (TPSA) is 44.8 Å². The average molecular weight is 262 g/mol. The quantitative estimate of drug-likeness (QED) is 0.564. The predicted octanol–water partition coefficient (Wildman–Crippen LogP) is 2.72. The lowest BCUT2D eigenvalue weighted by molar-refractivity contribution is -0.152. The lowest BCUT2D eigenvalue weighted by atomic mass is 10.1. The van der Waals surface area contributed by atoms with Gasteiger partial charge >= 0.3 is 14.5 Å². The lowest BCUT2D eigenvalue weighted by Gasteiger charge is -2.34. The number of ether oxygens (including phenoxy) is 1. The molecule has 0 saturated heterocycles. The average Bonchev–Trinajstić information content (AvgIpc) is 2.08. The van der Waals surface area contributed by atoms with Crippen molar-refractivity contribution in [2.45, 2.75) is 59.4 Å². The molecule has 0 unspecified atom stereocenters. The molecule has 4 nitrogen and oxygen atoms in total. The van der Waals surface area contributed by atoms with E-state index in [2.05, 4.69) is 0 Å². The standard InChI is InChI=1S/C12H26O4Si/c1-9(2)10(11(13)14-6)15-17(7,8)16-12(3,4)5/h9-10H,1-8H3/t10-/m0/s1. The number of hydrogen-bond donors (Lipinski definition) is 0. The van der Waals surface area contributed by atoms with Crippen LogP contribution in [0.5, 0.6) is 0 Å². The number of carbonyl (C=O) groups excluding carboxylic acids is 1. The minimum Gasteiger partial charge on any atom is -0.467 e. The molecule has 0 amide bonds. The van der Waals surface area contributed by atoms with E-state index in [9.17, 15) is 4.79 Å². The van der Waals surface area contributed by atoms with Gasteiger partial charge in [-0.25, -0.2) is 4.79 Å². The first-order valence-corrected chi connectivity index (χ1v) is 8.76. The molecular formula is C12H26O4Si. The molecule has 0 radical (unpaired) electrons. The van der Waals surface area contributed by atoms with Crippen molar-refractivity contribution in [3.63, 3.8) is 0 Å². The Kier molecular flexibility index (Phi) is 5.84. The summed E-state index contributed by atoms with van der Waals surface area (Å²) >= 11 is 0. The highest BCUT2D eigenvalue weighted by Crippen LogP contribution is 2.22. The van der Waals surface area contributed by atoms with Crippen LogP contribution in [-0.4, -0.2) is 33.3 Å². The van der Waals surface area contributed by atoms with Crippen LogP contribution in [0.15, 0.2) is 0 Å². The fourth-order valence-electron chi connectivity index (χ4n) is 1.64. The van der Waals surface area contributed by atoms with Crippen LogP contribution in [0.25, 0.3) is 0 Å². The van der Waals surface area contributed by atoms with E-state index >= 15 is 0 Å². The van der Waals surface area contributed by atoms with E-state index in [1.54, 1.807) is 0 Å². The zero-order chi connectivity index (χ0) is 13.9. The zero-order valence-electron chi connectivity index (χ0n) is 12.3. The van der Waals surface area contributed by atoms with Gasteiger partial charge in [0, 0.05) is 0 Å². The molecule has 0 heterocycles. The molecule has 0 fully saturated rings. The molecule has 0 aromatic rings. The second kappa shape index (κ2) is 5.98. The summed E-state index contributed by atoms with van der Waals surface area (Å²) in [7, 11) is -0.969. The van der Waals surface area contributed by atoms with Crippen LogP contribution in [0, 0.1) is 5.92 Å². The van der Waals surface area contributed by atoms with E-state index in [-0.39, 0.29) is 17.5 Å². The highest BCUT2D eigenvalue weighted by atomic mass is 28.4. The van der Waals surface area contributed by atoms with Crippen molar-refractivity contribution in [1.29, 1.82) is 0 Å². The summed E-state index contributed by atoms with van der Waals surface area (Å²) in [6.07, 6.45) is -0.552. The van der Waals surface area contributed by atoms with Crippen LogP contribution in [0.1, 0.15) is 34.6 Å². The Hall–Kier alpha value is -0.393. The molecule has 0 spiro atoms. The number of carbonyl (C=O) groups is 1. The van der Waals surface area contributed by atoms with E-state index in [0.717, 1.165) is 0 Å². The molecule has 0 N–H and O–H groups in total. The maximum atomic E-state index is 11.6. The van der Waals surface area contributed by atoms with Gasteiger partial charge in [-0.15, -0.1) is 0 Å². The van der Waals surface area contributed by atoms with E-state index in [1.807, 2.05) is 47.7 Å². The normalized spacial score (nSPS) is 14.9. The molecule has 0 aromatic carbocycles. The van der Waals surface area contributed by atoms with E-state index in [4.69, 9.17) is 13.6 Å². The molecule has 0 aliphatic heterocycles. The summed E-state index contributed by atoms with van der Waals surface area (Å²) in [4.78, 5) is 11.6. The summed E-state index contributed by atoms with van der Waals surface area (Å²) in [5, 5.41) is 0. The molecular weight excluding hydrogens is 236 g/mol. The van der Waals surface area contributed by atoms with E-state index in [0.29, 0.717) is 0 Å². The molecule has 0 saturated carbocycles. The number of esters is 1. The highest BCUT2D eigenvalue weighted by molar-refractivity contribution is 6.64. The van der Waals surface area contributed by atoms with Crippen LogP contribution >= 0.6 is 0 Å². The molecule has 0 rings (SSSR count). The van der Waals surface area contributed by atoms with Crippen LogP contribution < -0.4 is 0 Å². The summed E-state index contributed by atoms with van der Waals surface area (Å²) in [5.74, 6) is -0.268. The minimum atomic E-state index is -2.34. The van der Waals surface area contributed by atoms with Crippen LogP contribution in [0.4, 0.5) is 0 Å². The molecule has 17 heavy (non-hydrogen) atoms. The van der Waals surface area contributed by atoms with Gasteiger partial charge in [0.1, 0.15) is 6.10 Å². The third-order valence-corrected chi connectivity index (χ3v) is 3.93. The van der Waals surface area contributed by atoms with Gasteiger partial charge in [-0.1, -0.05) is 13.8 Å². The largest absolute Gasteiger partial charge is 0.467 e. The van der Waals surface area contributed by atoms with Crippen molar-refractivity contribution in [3.05, 3.63) is 0 Å². The molecule has 1 atom stereocenters. The highest BCUT2D eigenvalue weighted by Gasteiger charge is 2.37. The summed E-state index contributed by atoms with van der Waals surface area (Å²) in [6, 6.07) is 0. The fourth-order valence-corrected chi connectivity index (χ4v) is 4.14. The SMILES string of the molecule is COC(=O)[C@@H](O[Si](C)(C)OC(C)(C)C)C(C)C. The van der Waals surface area contributed by atoms with E-state index in [1.165, 1.54) is 7.11 Å². The lowest BCUT2D eigenvalue weighted by Crippen LogP contribution is -2.48. The monoisotopic (exact) mass is 262 g/mol.